The van der Waals surface area contributed by atoms with Crippen LogP contribution in [-0.4, -0.2) is 50.9 Å². The van der Waals surface area contributed by atoms with Gasteiger partial charge in [-0.1, -0.05) is 44.7 Å². The van der Waals surface area contributed by atoms with Crippen molar-refractivity contribution >= 4 is 22.0 Å². The van der Waals surface area contributed by atoms with Crippen LogP contribution in [0.15, 0.2) is 35.2 Å². The predicted octanol–water partition coefficient (Wildman–Crippen LogP) is 3.30. The summed E-state index contributed by atoms with van der Waals surface area (Å²) in [7, 11) is -3.46. The summed E-state index contributed by atoms with van der Waals surface area (Å²) in [4.78, 5) is 15.3. The smallest absolute Gasteiger partial charge is 0.244 e. The van der Waals surface area contributed by atoms with Gasteiger partial charge in [0, 0.05) is 24.7 Å². The lowest BCUT2D eigenvalue weighted by Crippen LogP contribution is -2.58. The molecule has 2 aliphatic rings. The number of sulfonamides is 1. The molecule has 3 rings (SSSR count). The average molecular weight is 434 g/mol. The van der Waals surface area contributed by atoms with Gasteiger partial charge < -0.3 is 5.32 Å². The molecule has 1 aromatic rings. The van der Waals surface area contributed by atoms with Crippen molar-refractivity contribution in [1.29, 1.82) is 0 Å². The Labute approximate surface area is 181 Å². The van der Waals surface area contributed by atoms with Crippen molar-refractivity contribution in [2.45, 2.75) is 68.7 Å². The number of carbonyl (C=O) groups excluding carboxylic acids is 1. The Morgan fingerprint density at radius 3 is 2.30 bits per heavy atom. The van der Waals surface area contributed by atoms with E-state index < -0.39 is 10.0 Å². The largest absolute Gasteiger partial charge is 0.351 e. The van der Waals surface area contributed by atoms with Gasteiger partial charge in [-0.3, -0.25) is 9.69 Å². The molecule has 0 atom stereocenters. The third-order valence-electron chi connectivity index (χ3n) is 6.35. The van der Waals surface area contributed by atoms with Gasteiger partial charge in [-0.2, -0.15) is 0 Å². The molecule has 0 bridgehead atoms. The fraction of sp³-hybridized carbons (Fsp3) is 0.609. The summed E-state index contributed by atoms with van der Waals surface area (Å²) in [6.07, 6.45) is 13.2. The van der Waals surface area contributed by atoms with Gasteiger partial charge in [-0.25, -0.2) is 13.1 Å². The van der Waals surface area contributed by atoms with Crippen LogP contribution in [0, 0.1) is 0 Å². The molecule has 0 radical (unpaired) electrons. The molecule has 30 heavy (non-hydrogen) atoms. The first-order valence-electron chi connectivity index (χ1n) is 11.3. The minimum Gasteiger partial charge on any atom is -0.351 e. The first kappa shape index (κ1) is 23.0. The number of likely N-dealkylation sites (tertiary alicyclic amines) is 1. The second-order valence-electron chi connectivity index (χ2n) is 8.45. The highest BCUT2D eigenvalue weighted by molar-refractivity contribution is 7.89. The van der Waals surface area contributed by atoms with E-state index in [4.69, 9.17) is 0 Å². The Morgan fingerprint density at radius 1 is 1.03 bits per heavy atom. The zero-order valence-corrected chi connectivity index (χ0v) is 18.8. The van der Waals surface area contributed by atoms with Crippen LogP contribution in [0.25, 0.3) is 6.08 Å². The highest BCUT2D eigenvalue weighted by atomic mass is 32.2. The molecule has 0 unspecified atom stereocenters. The van der Waals surface area contributed by atoms with Gasteiger partial charge in [-0.15, -0.1) is 0 Å². The van der Waals surface area contributed by atoms with Gasteiger partial charge in [0.15, 0.2) is 0 Å². The Balaban J connectivity index is 1.58. The quantitative estimate of drug-likeness (QED) is 0.617. The Hall–Kier alpha value is -1.70. The summed E-state index contributed by atoms with van der Waals surface area (Å²) in [6.45, 7) is 5.09. The summed E-state index contributed by atoms with van der Waals surface area (Å²) in [6, 6.07) is 6.54. The molecule has 0 aromatic heterocycles. The second kappa shape index (κ2) is 10.6. The fourth-order valence-corrected chi connectivity index (χ4v) is 5.74. The highest BCUT2D eigenvalue weighted by Crippen LogP contribution is 2.35. The predicted molar refractivity (Wildman–Crippen MR) is 121 cm³/mol. The van der Waals surface area contributed by atoms with Crippen molar-refractivity contribution in [3.8, 4) is 0 Å². The molecule has 2 N–H and O–H groups in total. The summed E-state index contributed by atoms with van der Waals surface area (Å²) in [5.41, 5.74) is 0.911. The molecule has 7 heteroatoms. The number of nitrogens with one attached hydrogen (secondary N) is 2. The molecule has 2 fully saturated rings. The number of amides is 1. The fourth-order valence-electron chi connectivity index (χ4n) is 4.70. The van der Waals surface area contributed by atoms with Gasteiger partial charge in [0.2, 0.25) is 15.9 Å². The lowest BCUT2D eigenvalue weighted by atomic mass is 9.79. The van der Waals surface area contributed by atoms with E-state index in [1.54, 1.807) is 43.3 Å². The number of nitrogens with zero attached hydrogens (tertiary/aromatic N) is 1. The molecule has 1 saturated heterocycles. The van der Waals surface area contributed by atoms with Crippen LogP contribution in [0.5, 0.6) is 0 Å². The number of hydrogen-bond acceptors (Lipinski definition) is 4. The molecule has 0 spiro atoms. The van der Waals surface area contributed by atoms with Gasteiger partial charge in [0.25, 0.3) is 0 Å². The van der Waals surface area contributed by atoms with Gasteiger partial charge >= 0.3 is 0 Å². The van der Waals surface area contributed by atoms with E-state index >= 15 is 0 Å². The standard InChI is InChI=1S/C23H35N3O3S/c1-2-25-30(28,29)21-12-9-20(10-13-21)11-14-22(27)24-19-23(15-5-3-6-16-23)26-17-7-4-8-18-26/h9-14,25H,2-8,15-19H2,1H3,(H,24,27)/b14-11+. The molecule has 1 amide bonds. The average Bonchev–Trinajstić information content (AvgIpc) is 2.78. The third kappa shape index (κ3) is 5.93. The Kier molecular flexibility index (Phi) is 8.08. The maximum Gasteiger partial charge on any atom is 0.244 e. The topological polar surface area (TPSA) is 78.5 Å². The number of rotatable bonds is 8. The lowest BCUT2D eigenvalue weighted by Gasteiger charge is -2.48. The monoisotopic (exact) mass is 433 g/mol. The SMILES string of the molecule is CCNS(=O)(=O)c1ccc(/C=C/C(=O)NCC2(N3CCCCC3)CCCCC2)cc1. The van der Waals surface area contributed by atoms with Crippen LogP contribution in [0.1, 0.15) is 63.9 Å². The molecular weight excluding hydrogens is 398 g/mol. The normalized spacial score (nSPS) is 20.3. The molecule has 166 valence electrons. The molecule has 1 aliphatic heterocycles. The maximum absolute atomic E-state index is 12.5. The van der Waals surface area contributed by atoms with E-state index in [9.17, 15) is 13.2 Å². The lowest BCUT2D eigenvalue weighted by molar-refractivity contribution is -0.117. The third-order valence-corrected chi connectivity index (χ3v) is 7.92. The van der Waals surface area contributed by atoms with E-state index in [1.807, 2.05) is 0 Å². The van der Waals surface area contributed by atoms with Gasteiger partial charge in [0.05, 0.1) is 4.90 Å². The van der Waals surface area contributed by atoms with E-state index in [1.165, 1.54) is 51.4 Å². The zero-order chi connectivity index (χ0) is 21.5. The van der Waals surface area contributed by atoms with Gasteiger partial charge in [-0.05, 0) is 62.5 Å². The number of piperidine rings is 1. The van der Waals surface area contributed by atoms with Crippen LogP contribution in [0.4, 0.5) is 0 Å². The van der Waals surface area contributed by atoms with Crippen LogP contribution < -0.4 is 10.0 Å². The van der Waals surface area contributed by atoms with E-state index in [-0.39, 0.29) is 16.3 Å². The van der Waals surface area contributed by atoms with Crippen molar-refractivity contribution in [3.05, 3.63) is 35.9 Å². The molecule has 1 aromatic carbocycles. The minimum atomic E-state index is -3.46. The molecule has 1 saturated carbocycles. The Bertz CT molecular complexity index is 822. The Morgan fingerprint density at radius 2 is 1.67 bits per heavy atom. The van der Waals surface area contributed by atoms with Crippen molar-refractivity contribution in [2.24, 2.45) is 0 Å². The maximum atomic E-state index is 12.5. The first-order valence-corrected chi connectivity index (χ1v) is 12.7. The summed E-state index contributed by atoms with van der Waals surface area (Å²) < 4.78 is 26.5. The summed E-state index contributed by atoms with van der Waals surface area (Å²) >= 11 is 0. The van der Waals surface area contributed by atoms with Crippen LogP contribution in [-0.2, 0) is 14.8 Å². The number of hydrogen-bond donors (Lipinski definition) is 2. The van der Waals surface area contributed by atoms with E-state index in [2.05, 4.69) is 14.9 Å². The molecule has 6 nitrogen and oxygen atoms in total. The van der Waals surface area contributed by atoms with Crippen molar-refractivity contribution < 1.29 is 13.2 Å². The van der Waals surface area contributed by atoms with Crippen molar-refractivity contribution in [3.63, 3.8) is 0 Å². The van der Waals surface area contributed by atoms with Crippen molar-refractivity contribution in [2.75, 3.05) is 26.2 Å². The van der Waals surface area contributed by atoms with Crippen molar-refractivity contribution in [1.82, 2.24) is 14.9 Å². The second-order valence-corrected chi connectivity index (χ2v) is 10.2. The van der Waals surface area contributed by atoms with E-state index in [0.29, 0.717) is 13.1 Å². The number of carbonyl (C=O) groups is 1. The minimum absolute atomic E-state index is 0.0960. The molecular formula is C23H35N3O3S. The van der Waals surface area contributed by atoms with Gasteiger partial charge in [0.1, 0.15) is 0 Å². The van der Waals surface area contributed by atoms with Crippen LogP contribution in [0.3, 0.4) is 0 Å². The molecule has 1 heterocycles. The highest BCUT2D eigenvalue weighted by Gasteiger charge is 2.38. The van der Waals surface area contributed by atoms with Crippen LogP contribution >= 0.6 is 0 Å². The molecule has 1 aliphatic carbocycles. The number of benzene rings is 1. The summed E-state index contributed by atoms with van der Waals surface area (Å²) in [5, 5.41) is 3.14. The summed E-state index contributed by atoms with van der Waals surface area (Å²) in [5.74, 6) is -0.0960. The first-order chi connectivity index (χ1) is 14.5. The zero-order valence-electron chi connectivity index (χ0n) is 18.0. The van der Waals surface area contributed by atoms with Crippen LogP contribution in [0.2, 0.25) is 0 Å². The van der Waals surface area contributed by atoms with E-state index in [0.717, 1.165) is 18.7 Å².